The minimum absolute atomic E-state index is 0.00765. The van der Waals surface area contributed by atoms with E-state index in [1.54, 1.807) is 35.6 Å². The molecule has 7 nitrogen and oxygen atoms in total. The predicted octanol–water partition coefficient (Wildman–Crippen LogP) is 2.21. The lowest BCUT2D eigenvalue weighted by Crippen LogP contribution is -2.44. The Morgan fingerprint density at radius 2 is 1.67 bits per heavy atom. The van der Waals surface area contributed by atoms with Crippen LogP contribution in [0, 0.1) is 11.7 Å². The van der Waals surface area contributed by atoms with E-state index in [2.05, 4.69) is 14.9 Å². The normalized spacial score (nSPS) is 18.2. The summed E-state index contributed by atoms with van der Waals surface area (Å²) in [6, 6.07) is 6.05. The van der Waals surface area contributed by atoms with Crippen molar-refractivity contribution in [2.24, 2.45) is 5.92 Å². The zero-order valence-corrected chi connectivity index (χ0v) is 16.9. The van der Waals surface area contributed by atoms with Gasteiger partial charge in [0.15, 0.2) is 0 Å². The number of carbonyl (C=O) groups is 2. The average molecular weight is 411 g/mol. The van der Waals surface area contributed by atoms with Gasteiger partial charge in [-0.15, -0.1) is 0 Å². The minimum Gasteiger partial charge on any atom is -0.355 e. The maximum Gasteiger partial charge on any atom is 0.256 e. The monoisotopic (exact) mass is 411 g/mol. The highest BCUT2D eigenvalue weighted by atomic mass is 19.1. The van der Waals surface area contributed by atoms with Crippen LogP contribution in [0.4, 0.5) is 10.2 Å². The zero-order chi connectivity index (χ0) is 20.9. The minimum atomic E-state index is -0.505. The van der Waals surface area contributed by atoms with Crippen LogP contribution in [-0.4, -0.2) is 70.9 Å². The van der Waals surface area contributed by atoms with Crippen molar-refractivity contribution in [3.8, 4) is 0 Å². The molecule has 2 aliphatic heterocycles. The van der Waals surface area contributed by atoms with Gasteiger partial charge >= 0.3 is 0 Å². The molecule has 2 aliphatic rings. The van der Waals surface area contributed by atoms with E-state index in [0.717, 1.165) is 31.7 Å². The number of amides is 2. The third-order valence-corrected chi connectivity index (χ3v) is 5.92. The Kier molecular flexibility index (Phi) is 6.21. The number of rotatable bonds is 3. The first kappa shape index (κ1) is 20.3. The van der Waals surface area contributed by atoms with Crippen molar-refractivity contribution in [3.05, 3.63) is 54.2 Å². The van der Waals surface area contributed by atoms with Crippen molar-refractivity contribution in [1.29, 1.82) is 0 Å². The molecule has 0 unspecified atom stereocenters. The number of carbonyl (C=O) groups excluding carboxylic acids is 2. The van der Waals surface area contributed by atoms with E-state index in [4.69, 9.17) is 0 Å². The molecule has 1 aromatic heterocycles. The quantitative estimate of drug-likeness (QED) is 0.775. The number of benzene rings is 1. The van der Waals surface area contributed by atoms with Gasteiger partial charge in [-0.2, -0.15) is 0 Å². The Balaban J connectivity index is 1.32. The first-order valence-electron chi connectivity index (χ1n) is 10.5. The molecule has 0 aliphatic carbocycles. The van der Waals surface area contributed by atoms with E-state index in [-0.39, 0.29) is 23.3 Å². The van der Waals surface area contributed by atoms with Crippen LogP contribution in [0.1, 0.15) is 29.6 Å². The van der Waals surface area contributed by atoms with Crippen LogP contribution >= 0.6 is 0 Å². The van der Waals surface area contributed by atoms with E-state index in [0.29, 0.717) is 32.6 Å². The Labute approximate surface area is 175 Å². The molecule has 0 atom stereocenters. The first-order valence-corrected chi connectivity index (χ1v) is 10.5. The molecule has 1 aromatic carbocycles. The Hall–Kier alpha value is -3.03. The molecule has 0 radical (unpaired) electrons. The van der Waals surface area contributed by atoms with Crippen LogP contribution in [0.15, 0.2) is 42.9 Å². The predicted molar refractivity (Wildman–Crippen MR) is 110 cm³/mol. The van der Waals surface area contributed by atoms with Crippen molar-refractivity contribution in [3.63, 3.8) is 0 Å². The first-order chi connectivity index (χ1) is 14.6. The van der Waals surface area contributed by atoms with Crippen LogP contribution < -0.4 is 4.90 Å². The lowest BCUT2D eigenvalue weighted by Gasteiger charge is -2.34. The van der Waals surface area contributed by atoms with Gasteiger partial charge < -0.3 is 14.7 Å². The topological polar surface area (TPSA) is 69.6 Å². The summed E-state index contributed by atoms with van der Waals surface area (Å²) in [4.78, 5) is 39.9. The second-order valence-electron chi connectivity index (χ2n) is 7.78. The second kappa shape index (κ2) is 9.19. The Bertz CT molecular complexity index is 886. The van der Waals surface area contributed by atoms with Gasteiger partial charge in [-0.05, 0) is 31.4 Å². The molecule has 158 valence electrons. The van der Waals surface area contributed by atoms with E-state index < -0.39 is 5.82 Å². The molecule has 0 spiro atoms. The summed E-state index contributed by atoms with van der Waals surface area (Å²) >= 11 is 0. The molecule has 0 N–H and O–H groups in total. The van der Waals surface area contributed by atoms with Crippen LogP contribution in [-0.2, 0) is 4.79 Å². The molecule has 2 aromatic rings. The third-order valence-electron chi connectivity index (χ3n) is 5.92. The lowest BCUT2D eigenvalue weighted by molar-refractivity contribution is -0.136. The molecular formula is C22H26FN5O2. The van der Waals surface area contributed by atoms with E-state index >= 15 is 0 Å². The smallest absolute Gasteiger partial charge is 0.256 e. The molecule has 0 bridgehead atoms. The number of anilines is 1. The number of nitrogens with zero attached hydrogens (tertiary/aromatic N) is 5. The maximum atomic E-state index is 14.0. The number of hydrogen-bond donors (Lipinski definition) is 0. The summed E-state index contributed by atoms with van der Waals surface area (Å²) in [5.74, 6) is 0.190. The average Bonchev–Trinajstić information content (AvgIpc) is 3.06. The molecule has 30 heavy (non-hydrogen) atoms. The Morgan fingerprint density at radius 3 is 2.40 bits per heavy atom. The van der Waals surface area contributed by atoms with Gasteiger partial charge in [0.05, 0.1) is 11.8 Å². The third kappa shape index (κ3) is 4.42. The number of aromatic nitrogens is 2. The van der Waals surface area contributed by atoms with Gasteiger partial charge in [0.1, 0.15) is 11.6 Å². The highest BCUT2D eigenvalue weighted by Crippen LogP contribution is 2.23. The van der Waals surface area contributed by atoms with Gasteiger partial charge in [0.25, 0.3) is 5.91 Å². The summed E-state index contributed by atoms with van der Waals surface area (Å²) in [7, 11) is 0. The maximum absolute atomic E-state index is 14.0. The van der Waals surface area contributed by atoms with Crippen LogP contribution in [0.2, 0.25) is 0 Å². The summed E-state index contributed by atoms with van der Waals surface area (Å²) in [6.45, 7) is 3.63. The van der Waals surface area contributed by atoms with Gasteiger partial charge in [-0.3, -0.25) is 14.6 Å². The fourth-order valence-electron chi connectivity index (χ4n) is 4.21. The van der Waals surface area contributed by atoms with Crippen molar-refractivity contribution in [2.75, 3.05) is 44.2 Å². The summed E-state index contributed by atoms with van der Waals surface area (Å²) in [6.07, 6.45) is 7.34. The summed E-state index contributed by atoms with van der Waals surface area (Å²) < 4.78 is 14.0. The van der Waals surface area contributed by atoms with E-state index in [1.165, 1.54) is 12.1 Å². The van der Waals surface area contributed by atoms with Crippen LogP contribution in [0.5, 0.6) is 0 Å². The van der Waals surface area contributed by atoms with E-state index in [1.807, 2.05) is 4.90 Å². The zero-order valence-electron chi connectivity index (χ0n) is 16.9. The molecule has 3 heterocycles. The molecule has 8 heteroatoms. The molecule has 2 fully saturated rings. The molecule has 4 rings (SSSR count). The molecule has 0 saturated carbocycles. The molecular weight excluding hydrogens is 385 g/mol. The summed E-state index contributed by atoms with van der Waals surface area (Å²) in [5.41, 5.74) is 0.0914. The Morgan fingerprint density at radius 1 is 0.933 bits per heavy atom. The summed E-state index contributed by atoms with van der Waals surface area (Å²) in [5, 5.41) is 0. The van der Waals surface area contributed by atoms with Crippen molar-refractivity contribution in [2.45, 2.75) is 19.3 Å². The van der Waals surface area contributed by atoms with Crippen molar-refractivity contribution < 1.29 is 14.0 Å². The van der Waals surface area contributed by atoms with E-state index in [9.17, 15) is 14.0 Å². The standard InChI is InChI=1S/C22H26FN5O2/c23-19-5-2-1-4-18(19)22(30)28-11-3-10-27(14-15-28)21(29)17-6-12-26(13-7-17)20-16-24-8-9-25-20/h1-2,4-5,8-9,16-17H,3,6-7,10-15H2. The number of piperidine rings is 1. The van der Waals surface area contributed by atoms with Gasteiger partial charge in [-0.1, -0.05) is 12.1 Å². The van der Waals surface area contributed by atoms with Gasteiger partial charge in [-0.25, -0.2) is 9.37 Å². The van der Waals surface area contributed by atoms with Crippen molar-refractivity contribution >= 4 is 17.6 Å². The lowest BCUT2D eigenvalue weighted by atomic mass is 9.95. The fourth-order valence-corrected chi connectivity index (χ4v) is 4.21. The van der Waals surface area contributed by atoms with Crippen molar-refractivity contribution in [1.82, 2.24) is 19.8 Å². The fraction of sp³-hybridized carbons (Fsp3) is 0.455. The molecule has 2 saturated heterocycles. The molecule has 2 amide bonds. The second-order valence-corrected chi connectivity index (χ2v) is 7.78. The van der Waals surface area contributed by atoms with Crippen LogP contribution in [0.3, 0.4) is 0 Å². The van der Waals surface area contributed by atoms with Gasteiger partial charge in [0.2, 0.25) is 5.91 Å². The largest absolute Gasteiger partial charge is 0.355 e. The number of hydrogen-bond acceptors (Lipinski definition) is 5. The highest BCUT2D eigenvalue weighted by molar-refractivity contribution is 5.94. The highest BCUT2D eigenvalue weighted by Gasteiger charge is 2.31. The number of halogens is 1. The van der Waals surface area contributed by atoms with Gasteiger partial charge in [0, 0.05) is 57.6 Å². The van der Waals surface area contributed by atoms with Crippen LogP contribution in [0.25, 0.3) is 0 Å². The SMILES string of the molecule is O=C(c1ccccc1F)N1CCCN(C(=O)C2CCN(c3cnccn3)CC2)CC1.